The molecular formula is C49H84O17P2. The van der Waals surface area contributed by atoms with Gasteiger partial charge in [-0.1, -0.05) is 151 Å². The molecule has 1 saturated carbocycles. The van der Waals surface area contributed by atoms with Crippen molar-refractivity contribution < 1.29 is 82.0 Å². The molecule has 0 bridgehead atoms. The van der Waals surface area contributed by atoms with Crippen LogP contribution < -0.4 is 0 Å². The Morgan fingerprint density at radius 2 is 1.04 bits per heavy atom. The summed E-state index contributed by atoms with van der Waals surface area (Å²) in [5.41, 5.74) is 0. The number of esters is 2. The number of hydrogen-bond acceptors (Lipinski definition) is 14. The number of hydrogen-bond donors (Lipinski definition) is 8. The van der Waals surface area contributed by atoms with Gasteiger partial charge < -0.3 is 49.7 Å². The second-order valence-electron chi connectivity index (χ2n) is 17.0. The van der Waals surface area contributed by atoms with Crippen molar-refractivity contribution in [2.24, 2.45) is 0 Å². The van der Waals surface area contributed by atoms with Crippen molar-refractivity contribution in [3.63, 3.8) is 0 Å². The summed E-state index contributed by atoms with van der Waals surface area (Å²) < 4.78 is 49.3. The van der Waals surface area contributed by atoms with Gasteiger partial charge in [-0.15, -0.1) is 0 Å². The van der Waals surface area contributed by atoms with Crippen LogP contribution in [0.25, 0.3) is 0 Å². The van der Waals surface area contributed by atoms with Gasteiger partial charge >= 0.3 is 27.6 Å². The zero-order valence-electron chi connectivity index (χ0n) is 40.4. The van der Waals surface area contributed by atoms with Crippen molar-refractivity contribution in [1.82, 2.24) is 0 Å². The van der Waals surface area contributed by atoms with Crippen molar-refractivity contribution in [2.75, 3.05) is 13.2 Å². The molecule has 9 atom stereocenters. The molecule has 1 aliphatic rings. The average molecular weight is 1010 g/mol. The Morgan fingerprint density at radius 1 is 0.544 bits per heavy atom. The number of aliphatic hydroxyl groups excluding tert-OH is 5. The van der Waals surface area contributed by atoms with E-state index >= 15 is 0 Å². The van der Waals surface area contributed by atoms with Gasteiger partial charge in [-0.3, -0.25) is 23.2 Å². The van der Waals surface area contributed by atoms with Gasteiger partial charge in [0.1, 0.15) is 43.2 Å². The van der Waals surface area contributed by atoms with Crippen molar-refractivity contribution >= 4 is 27.6 Å². The SMILES string of the molecule is CCCCC/C=C\C/C=C\CCCCCCCCCC(=O)O[C@H](COC(=O)CCC/C=C\C/C=C\C/C=C\C=C\[C@H](O)CCCCC)COP(=O)(O)O[C@H]1C(O)C(O)C(O)[C@@H](OP(=O)(O)O)C1O. The second-order valence-corrected chi connectivity index (χ2v) is 19.6. The molecule has 8 N–H and O–H groups in total. The number of allylic oxidation sites excluding steroid dienone is 11. The van der Waals surface area contributed by atoms with E-state index in [2.05, 4.69) is 42.7 Å². The molecule has 5 unspecified atom stereocenters. The van der Waals surface area contributed by atoms with Gasteiger partial charge in [-0.05, 0) is 70.6 Å². The highest BCUT2D eigenvalue weighted by molar-refractivity contribution is 7.47. The molecule has 0 aromatic heterocycles. The Balaban J connectivity index is 2.64. The van der Waals surface area contributed by atoms with Gasteiger partial charge in [-0.2, -0.15) is 0 Å². The van der Waals surface area contributed by atoms with Crippen molar-refractivity contribution in [1.29, 1.82) is 0 Å². The number of ether oxygens (including phenoxy) is 2. The number of phosphoric ester groups is 2. The lowest BCUT2D eigenvalue weighted by Crippen LogP contribution is -2.64. The first-order chi connectivity index (χ1) is 32.5. The van der Waals surface area contributed by atoms with Crippen LogP contribution in [0.1, 0.15) is 162 Å². The molecule has 0 aromatic rings. The molecule has 392 valence electrons. The summed E-state index contributed by atoms with van der Waals surface area (Å²) in [6.07, 6.45) is 28.9. The molecule has 0 spiro atoms. The van der Waals surface area contributed by atoms with Gasteiger partial charge in [0.15, 0.2) is 6.10 Å². The highest BCUT2D eigenvalue weighted by Crippen LogP contribution is 2.49. The molecule has 17 nitrogen and oxygen atoms in total. The third kappa shape index (κ3) is 33.1. The monoisotopic (exact) mass is 1010 g/mol. The smallest absolute Gasteiger partial charge is 0.462 e. The van der Waals surface area contributed by atoms with E-state index in [0.717, 1.165) is 89.9 Å². The summed E-state index contributed by atoms with van der Waals surface area (Å²) in [6, 6.07) is 0. The largest absolute Gasteiger partial charge is 0.472 e. The molecule has 0 heterocycles. The molecule has 1 rings (SSSR count). The highest BCUT2D eigenvalue weighted by atomic mass is 31.2. The first-order valence-electron chi connectivity index (χ1n) is 24.6. The van der Waals surface area contributed by atoms with E-state index in [1.165, 1.54) is 19.3 Å². The van der Waals surface area contributed by atoms with Crippen LogP contribution in [0.5, 0.6) is 0 Å². The quantitative estimate of drug-likeness (QED) is 0.00938. The van der Waals surface area contributed by atoms with Crippen LogP contribution in [0.3, 0.4) is 0 Å². The van der Waals surface area contributed by atoms with Crippen LogP contribution >= 0.6 is 15.6 Å². The normalized spacial score (nSPS) is 22.3. The molecule has 0 aromatic carbocycles. The Morgan fingerprint density at radius 3 is 1.65 bits per heavy atom. The first kappa shape index (κ1) is 63.4. The van der Waals surface area contributed by atoms with Crippen LogP contribution in [-0.2, 0) is 41.8 Å². The molecule has 0 aliphatic heterocycles. The first-order valence-corrected chi connectivity index (χ1v) is 27.6. The minimum atomic E-state index is -5.38. The lowest BCUT2D eigenvalue weighted by Gasteiger charge is -2.43. The van der Waals surface area contributed by atoms with E-state index in [-0.39, 0.29) is 12.8 Å². The number of carbonyl (C=O) groups excluding carboxylic acids is 2. The topological polar surface area (TPSA) is 276 Å². The van der Waals surface area contributed by atoms with Crippen molar-refractivity contribution in [3.05, 3.63) is 72.9 Å². The predicted molar refractivity (Wildman–Crippen MR) is 261 cm³/mol. The Labute approximate surface area is 404 Å². The lowest BCUT2D eigenvalue weighted by molar-refractivity contribution is -0.216. The Kier molecular flexibility index (Phi) is 36.4. The molecular weight excluding hydrogens is 922 g/mol. The maximum atomic E-state index is 13.0. The van der Waals surface area contributed by atoms with Crippen LogP contribution in [0, 0.1) is 0 Å². The molecule has 1 fully saturated rings. The summed E-state index contributed by atoms with van der Waals surface area (Å²) in [5.74, 6) is -1.31. The Bertz CT molecular complexity index is 1610. The summed E-state index contributed by atoms with van der Waals surface area (Å²) >= 11 is 0. The minimum Gasteiger partial charge on any atom is -0.462 e. The van der Waals surface area contributed by atoms with Crippen molar-refractivity contribution in [2.45, 2.75) is 210 Å². The fourth-order valence-corrected chi connectivity index (χ4v) is 8.52. The standard InChI is InChI=1S/C49H84O17P2/c1-3-5-7-8-9-10-11-12-13-14-15-16-19-23-26-29-33-37-43(52)64-41(39-63-68(60,61)66-49-46(55)44(53)45(54)48(47(49)56)65-67(57,58)59)38-62-42(51)36-32-28-25-22-20-17-18-21-24-27-31-35-40(50)34-30-6-4-2/h9-10,12-13,17-18,22,24-25,27,31,35,40-41,44-50,53-56H,3-8,11,14-16,19-21,23,26,28-30,32-34,36-39H2,1-2H3,(H,60,61)(H2,57,58,59)/b10-9-,13-12-,18-17-,25-22-,27-24-,35-31+/t40-,41-,44?,45?,46?,47?,48-,49+/m1/s1. The fourth-order valence-electron chi connectivity index (χ4n) is 6.98. The molecule has 19 heteroatoms. The lowest BCUT2D eigenvalue weighted by atomic mass is 9.85. The van der Waals surface area contributed by atoms with Gasteiger partial charge in [0.25, 0.3) is 0 Å². The molecule has 1 aliphatic carbocycles. The van der Waals surface area contributed by atoms with Crippen LogP contribution in [0.2, 0.25) is 0 Å². The maximum Gasteiger partial charge on any atom is 0.472 e. The summed E-state index contributed by atoms with van der Waals surface area (Å²) in [5, 5.41) is 51.2. The average Bonchev–Trinajstić information content (AvgIpc) is 3.29. The second kappa shape index (κ2) is 39.1. The summed E-state index contributed by atoms with van der Waals surface area (Å²) in [6.45, 7) is 2.90. The molecule has 0 amide bonds. The number of phosphoric acid groups is 2. The van der Waals surface area contributed by atoms with Crippen LogP contribution in [-0.4, -0.2) is 114 Å². The van der Waals surface area contributed by atoms with Gasteiger partial charge in [0.05, 0.1) is 12.7 Å². The van der Waals surface area contributed by atoms with Crippen LogP contribution in [0.15, 0.2) is 72.9 Å². The molecule has 0 radical (unpaired) electrons. The third-order valence-electron chi connectivity index (χ3n) is 10.9. The van der Waals surface area contributed by atoms with E-state index in [9.17, 15) is 58.9 Å². The van der Waals surface area contributed by atoms with Crippen LogP contribution in [0.4, 0.5) is 0 Å². The summed E-state index contributed by atoms with van der Waals surface area (Å²) in [4.78, 5) is 54.3. The fraction of sp³-hybridized carbons (Fsp3) is 0.714. The predicted octanol–water partition coefficient (Wildman–Crippen LogP) is 8.59. The zero-order chi connectivity index (χ0) is 50.5. The number of carbonyl (C=O) groups is 2. The molecule has 68 heavy (non-hydrogen) atoms. The summed E-state index contributed by atoms with van der Waals surface area (Å²) in [7, 11) is -10.7. The van der Waals surface area contributed by atoms with E-state index in [1.54, 1.807) is 6.08 Å². The van der Waals surface area contributed by atoms with E-state index in [4.69, 9.17) is 18.5 Å². The Hall–Kier alpha value is -2.60. The maximum absolute atomic E-state index is 13.0. The number of aliphatic hydroxyl groups is 5. The van der Waals surface area contributed by atoms with Gasteiger partial charge in [-0.25, -0.2) is 9.13 Å². The number of unbranched alkanes of at least 4 members (excludes halogenated alkanes) is 13. The van der Waals surface area contributed by atoms with Gasteiger partial charge in [0, 0.05) is 12.8 Å². The third-order valence-corrected chi connectivity index (χ3v) is 12.4. The van der Waals surface area contributed by atoms with Gasteiger partial charge in [0.2, 0.25) is 0 Å². The van der Waals surface area contributed by atoms with Crippen molar-refractivity contribution in [3.8, 4) is 0 Å². The minimum absolute atomic E-state index is 0.0110. The zero-order valence-corrected chi connectivity index (χ0v) is 42.2. The highest BCUT2D eigenvalue weighted by Gasteiger charge is 2.54. The van der Waals surface area contributed by atoms with E-state index in [1.807, 2.05) is 42.5 Å². The van der Waals surface area contributed by atoms with E-state index < -0.39 is 89.6 Å². The molecule has 0 saturated heterocycles. The number of rotatable bonds is 40. The van der Waals surface area contributed by atoms with E-state index in [0.29, 0.717) is 25.7 Å².